The molecule has 1 aromatic rings. The van der Waals surface area contributed by atoms with Crippen molar-refractivity contribution in [3.63, 3.8) is 0 Å². The third-order valence-electron chi connectivity index (χ3n) is 14.4. The molecule has 58 heavy (non-hydrogen) atoms. The van der Waals surface area contributed by atoms with E-state index in [0.29, 0.717) is 17.0 Å². The van der Waals surface area contributed by atoms with Gasteiger partial charge in [0.1, 0.15) is 0 Å². The Morgan fingerprint density at radius 3 is 1.29 bits per heavy atom. The summed E-state index contributed by atoms with van der Waals surface area (Å²) in [5, 5.41) is 0. The van der Waals surface area contributed by atoms with Crippen LogP contribution in [0.25, 0.3) is 0 Å². The highest BCUT2D eigenvalue weighted by Gasteiger charge is 2.37. The molecule has 0 aromatic heterocycles. The Bertz CT molecular complexity index is 1000. The minimum absolute atomic E-state index is 0.586. The van der Waals surface area contributed by atoms with Gasteiger partial charge in [0.15, 0.2) is 8.32 Å². The molecule has 0 N–H and O–H groups in total. The van der Waals surface area contributed by atoms with Crippen molar-refractivity contribution in [1.29, 1.82) is 0 Å². The van der Waals surface area contributed by atoms with Gasteiger partial charge in [0, 0.05) is 33.0 Å². The summed E-state index contributed by atoms with van der Waals surface area (Å²) in [5.41, 5.74) is 2.80. The first-order valence-corrected chi connectivity index (χ1v) is 28.6. The maximum atomic E-state index is 6.94. The third-order valence-corrected chi connectivity index (χ3v) is 19.8. The number of ether oxygens (including phenoxy) is 2. The Balaban J connectivity index is 1.41. The molecule has 3 atom stereocenters. The molecule has 0 aliphatic heterocycles. The number of benzene rings is 1. The molecule has 1 aliphatic rings. The number of hydrogen-bond acceptors (Lipinski definition) is 3. The fourth-order valence-corrected chi connectivity index (χ4v) is 11.7. The van der Waals surface area contributed by atoms with E-state index in [1.165, 1.54) is 192 Å². The highest BCUT2D eigenvalue weighted by molar-refractivity contribution is 6.75. The van der Waals surface area contributed by atoms with Gasteiger partial charge in [0.05, 0.1) is 0 Å². The zero-order chi connectivity index (χ0) is 41.9. The van der Waals surface area contributed by atoms with Gasteiger partial charge in [-0.2, -0.15) is 0 Å². The molecular weight excluding hydrogens is 725 g/mol. The van der Waals surface area contributed by atoms with Gasteiger partial charge in [-0.05, 0) is 105 Å². The minimum atomic E-state index is -1.68. The molecular formula is C54H102O3Si. The van der Waals surface area contributed by atoms with E-state index in [0.717, 1.165) is 57.2 Å². The van der Waals surface area contributed by atoms with E-state index in [-0.39, 0.29) is 0 Å². The molecule has 2 rings (SSSR count). The van der Waals surface area contributed by atoms with Gasteiger partial charge in [-0.3, -0.25) is 0 Å². The number of hydrogen-bond donors (Lipinski definition) is 0. The molecule has 1 saturated carbocycles. The second-order valence-corrected chi connectivity index (χ2v) is 25.1. The van der Waals surface area contributed by atoms with Crippen LogP contribution in [0.2, 0.25) is 17.6 Å². The lowest BCUT2D eigenvalue weighted by molar-refractivity contribution is 0.122. The maximum Gasteiger partial charge on any atom is 0.194 e. The molecule has 3 unspecified atom stereocenters. The fourth-order valence-electron chi connectivity index (χ4n) is 9.06. The van der Waals surface area contributed by atoms with Crippen LogP contribution in [0.5, 0.6) is 0 Å². The van der Waals surface area contributed by atoms with Crippen molar-refractivity contribution < 1.29 is 13.9 Å². The summed E-state index contributed by atoms with van der Waals surface area (Å²) in [6.45, 7) is 21.7. The second kappa shape index (κ2) is 35.9. The van der Waals surface area contributed by atoms with Crippen LogP contribution in [0.1, 0.15) is 246 Å². The molecule has 0 radical (unpaired) electrons. The lowest BCUT2D eigenvalue weighted by Gasteiger charge is -2.36. The van der Waals surface area contributed by atoms with Crippen molar-refractivity contribution in [2.45, 2.75) is 258 Å². The smallest absolute Gasteiger partial charge is 0.194 e. The maximum absolute atomic E-state index is 6.94. The highest BCUT2D eigenvalue weighted by atomic mass is 28.4. The van der Waals surface area contributed by atoms with Crippen LogP contribution in [0.3, 0.4) is 0 Å². The summed E-state index contributed by atoms with van der Waals surface area (Å²) < 4.78 is 18.8. The van der Waals surface area contributed by atoms with E-state index in [4.69, 9.17) is 13.9 Å². The Kier molecular flexibility index (Phi) is 33.1. The first-order valence-electron chi connectivity index (χ1n) is 26.1. The summed E-state index contributed by atoms with van der Waals surface area (Å²) >= 11 is 0. The lowest BCUT2D eigenvalue weighted by atomic mass is 9.94. The van der Waals surface area contributed by atoms with Crippen LogP contribution in [0.4, 0.5) is 0 Å². The predicted molar refractivity (Wildman–Crippen MR) is 259 cm³/mol. The largest absolute Gasteiger partial charge is 0.416 e. The Labute approximate surface area is 365 Å². The third kappa shape index (κ3) is 28.0. The summed E-state index contributed by atoms with van der Waals surface area (Å²) in [6, 6.07) is 10.8. The molecule has 0 spiro atoms. The van der Waals surface area contributed by atoms with E-state index in [9.17, 15) is 0 Å². The van der Waals surface area contributed by atoms with Gasteiger partial charge < -0.3 is 13.9 Å². The molecule has 0 saturated heterocycles. The van der Waals surface area contributed by atoms with E-state index in [1.54, 1.807) is 0 Å². The first kappa shape index (κ1) is 53.5. The predicted octanol–water partition coefficient (Wildman–Crippen LogP) is 17.8. The Morgan fingerprint density at radius 1 is 0.466 bits per heavy atom. The van der Waals surface area contributed by atoms with E-state index < -0.39 is 8.32 Å². The topological polar surface area (TPSA) is 27.7 Å². The standard InChI is InChI=1S/C54H102O3Si/c1-48(2)58(7,49(3)4)57-47-52(37-29-24-20-16-12-14-18-21-25-32-43-55-45-34-35-50(5)54-40-41-54)36-28-23-19-15-11-9-8-10-13-17-22-26-33-44-56-46-42-51(6)53-38-30-27-31-39-53/h27,30-31,38-39,48-52,54H,8-26,28-29,32-37,40-47H2,1-7H3. The zero-order valence-corrected chi connectivity index (χ0v) is 41.3. The van der Waals surface area contributed by atoms with Gasteiger partial charge in [-0.1, -0.05) is 207 Å². The molecule has 340 valence electrons. The van der Waals surface area contributed by atoms with Crippen LogP contribution in [0, 0.1) is 17.8 Å². The molecule has 0 bridgehead atoms. The lowest BCUT2D eigenvalue weighted by Crippen LogP contribution is -2.42. The summed E-state index contributed by atoms with van der Waals surface area (Å²) in [4.78, 5) is 0. The van der Waals surface area contributed by atoms with E-state index in [2.05, 4.69) is 78.4 Å². The first-order chi connectivity index (χ1) is 28.2. The molecule has 0 amide bonds. The van der Waals surface area contributed by atoms with Crippen LogP contribution < -0.4 is 0 Å². The van der Waals surface area contributed by atoms with Crippen LogP contribution in [-0.4, -0.2) is 41.4 Å². The summed E-state index contributed by atoms with van der Waals surface area (Å²) in [5.74, 6) is 3.33. The monoisotopic (exact) mass is 827 g/mol. The quantitative estimate of drug-likeness (QED) is 0.0485. The molecule has 4 heteroatoms. The fraction of sp³-hybridized carbons (Fsp3) is 0.889. The SMILES string of the molecule is CC(CCOCCCCCCCCCCCCCCCC(CCCCCCCCCCCCOCCCC(C)C1CC1)CO[Si](C)(C(C)C)C(C)C)c1ccccc1. The van der Waals surface area contributed by atoms with Crippen molar-refractivity contribution in [2.75, 3.05) is 33.0 Å². The van der Waals surface area contributed by atoms with Gasteiger partial charge in [0.25, 0.3) is 0 Å². The second-order valence-electron chi connectivity index (χ2n) is 20.2. The molecule has 3 nitrogen and oxygen atoms in total. The average Bonchev–Trinajstić information content (AvgIpc) is 4.08. The molecule has 0 heterocycles. The molecule has 1 fully saturated rings. The van der Waals surface area contributed by atoms with Crippen LogP contribution in [0.15, 0.2) is 30.3 Å². The van der Waals surface area contributed by atoms with Crippen molar-refractivity contribution in [2.24, 2.45) is 17.8 Å². The minimum Gasteiger partial charge on any atom is -0.416 e. The normalized spacial score (nSPS) is 15.1. The van der Waals surface area contributed by atoms with Gasteiger partial charge in [0.2, 0.25) is 0 Å². The highest BCUT2D eigenvalue weighted by Crippen LogP contribution is 2.38. The Hall–Kier alpha value is -0.683. The van der Waals surface area contributed by atoms with E-state index >= 15 is 0 Å². The van der Waals surface area contributed by atoms with Crippen LogP contribution in [-0.2, 0) is 13.9 Å². The summed E-state index contributed by atoms with van der Waals surface area (Å²) in [7, 11) is -1.68. The van der Waals surface area contributed by atoms with Crippen molar-refractivity contribution >= 4 is 8.32 Å². The van der Waals surface area contributed by atoms with Crippen molar-refractivity contribution in [1.82, 2.24) is 0 Å². The van der Waals surface area contributed by atoms with Crippen LogP contribution >= 0.6 is 0 Å². The molecule has 1 aromatic carbocycles. The molecule has 1 aliphatic carbocycles. The Morgan fingerprint density at radius 2 is 0.862 bits per heavy atom. The van der Waals surface area contributed by atoms with Gasteiger partial charge >= 0.3 is 0 Å². The van der Waals surface area contributed by atoms with E-state index in [1.807, 2.05) is 0 Å². The average molecular weight is 827 g/mol. The number of unbranched alkanes of at least 4 members (excludes halogenated alkanes) is 21. The van der Waals surface area contributed by atoms with Gasteiger partial charge in [-0.25, -0.2) is 0 Å². The zero-order valence-electron chi connectivity index (χ0n) is 40.3. The van der Waals surface area contributed by atoms with Crippen molar-refractivity contribution in [3.8, 4) is 0 Å². The van der Waals surface area contributed by atoms with Crippen molar-refractivity contribution in [3.05, 3.63) is 35.9 Å². The number of rotatable bonds is 43. The summed E-state index contributed by atoms with van der Waals surface area (Å²) in [6.07, 6.45) is 41.6. The van der Waals surface area contributed by atoms with Gasteiger partial charge in [-0.15, -0.1) is 0 Å².